The van der Waals surface area contributed by atoms with Gasteiger partial charge in [0.25, 0.3) is 0 Å². The van der Waals surface area contributed by atoms with Crippen molar-refractivity contribution in [1.82, 2.24) is 9.97 Å². The number of thiazole rings is 1. The van der Waals surface area contributed by atoms with Gasteiger partial charge in [-0.3, -0.25) is 4.79 Å². The van der Waals surface area contributed by atoms with Gasteiger partial charge < -0.3 is 5.11 Å². The minimum absolute atomic E-state index is 0.0340. The molecule has 88 valence electrons. The van der Waals surface area contributed by atoms with E-state index >= 15 is 0 Å². The third-order valence-electron chi connectivity index (χ3n) is 2.01. The summed E-state index contributed by atoms with van der Waals surface area (Å²) in [7, 11) is 0. The summed E-state index contributed by atoms with van der Waals surface area (Å²) in [4.78, 5) is 20.0. The number of aromatic nitrogens is 2. The lowest BCUT2D eigenvalue weighted by Crippen LogP contribution is -1.99. The van der Waals surface area contributed by atoms with Crippen molar-refractivity contribution >= 4 is 29.1 Å². The minimum atomic E-state index is -0.828. The third kappa shape index (κ3) is 3.28. The number of carboxylic acids is 1. The molecular weight excluding hydrogens is 256 g/mol. The monoisotopic (exact) mass is 266 g/mol. The van der Waals surface area contributed by atoms with Crippen LogP contribution in [0.3, 0.4) is 0 Å². The van der Waals surface area contributed by atoms with Crippen LogP contribution < -0.4 is 0 Å². The van der Waals surface area contributed by atoms with Gasteiger partial charge in [-0.25, -0.2) is 9.97 Å². The molecule has 0 bridgehead atoms. The van der Waals surface area contributed by atoms with Crippen LogP contribution in [-0.2, 0) is 11.2 Å². The Labute approximate surface area is 107 Å². The van der Waals surface area contributed by atoms with Crippen LogP contribution in [-0.4, -0.2) is 21.0 Å². The fourth-order valence-corrected chi connectivity index (χ4v) is 3.37. The molecule has 0 fully saturated rings. The fraction of sp³-hybridized carbons (Fsp3) is 0.182. The van der Waals surface area contributed by atoms with Crippen LogP contribution >= 0.6 is 23.1 Å². The number of nitrogens with zero attached hydrogens (tertiary/aromatic N) is 2. The molecule has 0 atom stereocenters. The Bertz CT molecular complexity index is 526. The lowest BCUT2D eigenvalue weighted by molar-refractivity contribution is -0.136. The number of hydrogen-bond donors (Lipinski definition) is 1. The van der Waals surface area contributed by atoms with Gasteiger partial charge in [0.2, 0.25) is 0 Å². The average molecular weight is 266 g/mol. The van der Waals surface area contributed by atoms with Crippen molar-refractivity contribution in [2.75, 3.05) is 0 Å². The van der Waals surface area contributed by atoms with Crippen molar-refractivity contribution in [3.8, 4) is 0 Å². The Morgan fingerprint density at radius 3 is 3.00 bits per heavy atom. The van der Waals surface area contributed by atoms with E-state index in [-0.39, 0.29) is 6.42 Å². The van der Waals surface area contributed by atoms with Gasteiger partial charge in [-0.15, -0.1) is 11.3 Å². The van der Waals surface area contributed by atoms with E-state index in [0.717, 1.165) is 19.9 Å². The summed E-state index contributed by atoms with van der Waals surface area (Å²) in [6.45, 7) is 1.83. The first-order chi connectivity index (χ1) is 8.15. The molecule has 0 aliphatic carbocycles. The Morgan fingerprint density at radius 1 is 1.53 bits per heavy atom. The van der Waals surface area contributed by atoms with E-state index in [1.165, 1.54) is 23.1 Å². The molecule has 0 radical (unpaired) electrons. The summed E-state index contributed by atoms with van der Waals surface area (Å²) in [5, 5.41) is 9.61. The van der Waals surface area contributed by atoms with Gasteiger partial charge in [-0.1, -0.05) is 6.07 Å². The summed E-state index contributed by atoms with van der Waals surface area (Å²) in [5.41, 5.74) is 0.788. The van der Waals surface area contributed by atoms with Gasteiger partial charge in [0.05, 0.1) is 12.1 Å². The second kappa shape index (κ2) is 5.29. The predicted molar refractivity (Wildman–Crippen MR) is 66.6 cm³/mol. The second-order valence-electron chi connectivity index (χ2n) is 3.33. The van der Waals surface area contributed by atoms with Crippen molar-refractivity contribution < 1.29 is 9.90 Å². The van der Waals surface area contributed by atoms with Gasteiger partial charge in [0, 0.05) is 11.1 Å². The second-order valence-corrected chi connectivity index (χ2v) is 5.68. The molecule has 4 nitrogen and oxygen atoms in total. The smallest absolute Gasteiger partial charge is 0.308 e. The molecule has 17 heavy (non-hydrogen) atoms. The number of carboxylic acid groups (broad SMARTS) is 1. The quantitative estimate of drug-likeness (QED) is 0.921. The van der Waals surface area contributed by atoms with Crippen LogP contribution in [0.25, 0.3) is 0 Å². The summed E-state index contributed by atoms with van der Waals surface area (Å²) in [5.74, 6) is -0.828. The molecule has 2 rings (SSSR count). The average Bonchev–Trinajstić information content (AvgIpc) is 2.59. The fourth-order valence-electron chi connectivity index (χ4n) is 1.24. The van der Waals surface area contributed by atoms with Crippen LogP contribution in [0.2, 0.25) is 0 Å². The maximum absolute atomic E-state index is 10.6. The maximum atomic E-state index is 10.6. The zero-order valence-electron chi connectivity index (χ0n) is 9.08. The summed E-state index contributed by atoms with van der Waals surface area (Å²) in [6, 6.07) is 5.67. The molecule has 0 aromatic carbocycles. The first-order valence-corrected chi connectivity index (χ1v) is 6.55. The number of aliphatic carboxylic acids is 1. The summed E-state index contributed by atoms with van der Waals surface area (Å²) >= 11 is 2.87. The Balaban J connectivity index is 2.15. The lowest BCUT2D eigenvalue weighted by Gasteiger charge is -1.93. The highest BCUT2D eigenvalue weighted by atomic mass is 32.2. The van der Waals surface area contributed by atoms with E-state index in [1.54, 1.807) is 6.20 Å². The van der Waals surface area contributed by atoms with E-state index in [9.17, 15) is 4.79 Å². The molecule has 0 aliphatic rings. The van der Waals surface area contributed by atoms with Crippen LogP contribution in [0.15, 0.2) is 33.8 Å². The molecule has 1 N–H and O–H groups in total. The molecule has 2 heterocycles. The molecule has 0 saturated carbocycles. The molecular formula is C11H10N2O2S2. The zero-order valence-corrected chi connectivity index (χ0v) is 10.7. The normalized spacial score (nSPS) is 10.4. The van der Waals surface area contributed by atoms with Crippen molar-refractivity contribution in [2.24, 2.45) is 0 Å². The van der Waals surface area contributed by atoms with Crippen molar-refractivity contribution in [1.29, 1.82) is 0 Å². The first-order valence-electron chi connectivity index (χ1n) is 4.92. The SMILES string of the molecule is Cc1nc(Sc2ccccn2)sc1CC(=O)O. The number of aryl methyl sites for hydroxylation is 1. The van der Waals surface area contributed by atoms with E-state index in [4.69, 9.17) is 5.11 Å². The molecule has 2 aromatic heterocycles. The Hall–Kier alpha value is -1.40. The molecule has 0 spiro atoms. The minimum Gasteiger partial charge on any atom is -0.481 e. The highest BCUT2D eigenvalue weighted by Gasteiger charge is 2.11. The number of pyridine rings is 1. The standard InChI is InChI=1S/C11H10N2O2S2/c1-7-8(6-10(14)15)16-11(13-7)17-9-4-2-3-5-12-9/h2-5H,6H2,1H3,(H,14,15). The number of hydrogen-bond acceptors (Lipinski definition) is 5. The van der Waals surface area contributed by atoms with Gasteiger partial charge in [-0.2, -0.15) is 0 Å². The molecule has 2 aromatic rings. The Morgan fingerprint density at radius 2 is 2.35 bits per heavy atom. The largest absolute Gasteiger partial charge is 0.481 e. The van der Waals surface area contributed by atoms with Crippen LogP contribution in [0, 0.1) is 6.92 Å². The van der Waals surface area contributed by atoms with E-state index in [0.29, 0.717) is 0 Å². The van der Waals surface area contributed by atoms with Gasteiger partial charge in [0.1, 0.15) is 5.03 Å². The predicted octanol–water partition coefficient (Wildman–Crippen LogP) is 2.62. The maximum Gasteiger partial charge on any atom is 0.308 e. The van der Waals surface area contributed by atoms with Gasteiger partial charge in [-0.05, 0) is 30.8 Å². The molecule has 0 unspecified atom stereocenters. The summed E-state index contributed by atoms with van der Waals surface area (Å²) in [6.07, 6.45) is 1.76. The first kappa shape index (κ1) is 12.1. The molecule has 6 heteroatoms. The Kier molecular flexibility index (Phi) is 3.75. The van der Waals surface area contributed by atoms with E-state index in [1.807, 2.05) is 25.1 Å². The molecule has 0 aliphatic heterocycles. The van der Waals surface area contributed by atoms with Crippen LogP contribution in [0.4, 0.5) is 0 Å². The topological polar surface area (TPSA) is 63.1 Å². The van der Waals surface area contributed by atoms with Gasteiger partial charge in [0.15, 0.2) is 4.34 Å². The van der Waals surface area contributed by atoms with E-state index < -0.39 is 5.97 Å². The molecule has 0 saturated heterocycles. The lowest BCUT2D eigenvalue weighted by atomic mass is 10.3. The van der Waals surface area contributed by atoms with Crippen LogP contribution in [0.1, 0.15) is 10.6 Å². The van der Waals surface area contributed by atoms with E-state index in [2.05, 4.69) is 9.97 Å². The molecule has 0 amide bonds. The summed E-state index contributed by atoms with van der Waals surface area (Å²) < 4.78 is 0.831. The zero-order chi connectivity index (χ0) is 12.3. The van der Waals surface area contributed by atoms with Crippen molar-refractivity contribution in [3.63, 3.8) is 0 Å². The van der Waals surface area contributed by atoms with Gasteiger partial charge >= 0.3 is 5.97 Å². The highest BCUT2D eigenvalue weighted by molar-refractivity contribution is 8.01. The van der Waals surface area contributed by atoms with Crippen LogP contribution in [0.5, 0.6) is 0 Å². The highest BCUT2D eigenvalue weighted by Crippen LogP contribution is 2.31. The number of rotatable bonds is 4. The van der Waals surface area contributed by atoms with Crippen molar-refractivity contribution in [2.45, 2.75) is 22.7 Å². The van der Waals surface area contributed by atoms with Crippen molar-refractivity contribution in [3.05, 3.63) is 35.0 Å². The number of carbonyl (C=O) groups is 1. The third-order valence-corrected chi connectivity index (χ3v) is 4.18.